The number of anilines is 1. The molecule has 1 aromatic heterocycles. The van der Waals surface area contributed by atoms with E-state index in [1.807, 2.05) is 37.3 Å². The van der Waals surface area contributed by atoms with Gasteiger partial charge in [-0.3, -0.25) is 9.59 Å². The first kappa shape index (κ1) is 22.3. The molecule has 2 aliphatic rings. The van der Waals surface area contributed by atoms with E-state index < -0.39 is 5.92 Å². The summed E-state index contributed by atoms with van der Waals surface area (Å²) in [5, 5.41) is 6.27. The van der Waals surface area contributed by atoms with Crippen LogP contribution in [-0.2, 0) is 9.59 Å². The summed E-state index contributed by atoms with van der Waals surface area (Å²) in [6, 6.07) is 11.1. The third-order valence-corrected chi connectivity index (χ3v) is 6.37. The van der Waals surface area contributed by atoms with Crippen LogP contribution in [0.5, 0.6) is 5.75 Å². The molecule has 1 aliphatic heterocycles. The van der Waals surface area contributed by atoms with Crippen molar-refractivity contribution in [2.24, 2.45) is 5.41 Å². The minimum atomic E-state index is -0.462. The zero-order valence-corrected chi connectivity index (χ0v) is 20.2. The van der Waals surface area contributed by atoms with Crippen molar-refractivity contribution >= 4 is 33.4 Å². The SMILES string of the molecule is COc1ccc([C@@H]2C(C(=O)Nc3ccc(Br)cn3)=C(C)NC3=C2C(=O)CC(C)(C)C3)cc1. The number of allylic oxidation sites excluding steroid dienone is 3. The lowest BCUT2D eigenvalue weighted by molar-refractivity contribution is -0.118. The highest BCUT2D eigenvalue weighted by Gasteiger charge is 2.42. The van der Waals surface area contributed by atoms with Crippen LogP contribution in [0.3, 0.4) is 0 Å². The number of pyridine rings is 1. The van der Waals surface area contributed by atoms with Crippen molar-refractivity contribution in [1.82, 2.24) is 10.3 Å². The average Bonchev–Trinajstić information content (AvgIpc) is 2.73. The number of carbonyl (C=O) groups excluding carboxylic acids is 2. The molecule has 166 valence electrons. The first-order valence-electron chi connectivity index (χ1n) is 10.5. The van der Waals surface area contributed by atoms with Crippen LogP contribution in [0.25, 0.3) is 0 Å². The Morgan fingerprint density at radius 1 is 1.19 bits per heavy atom. The number of ketones is 1. The molecular weight excluding hydrogens is 470 g/mol. The van der Waals surface area contributed by atoms with Crippen LogP contribution in [0.15, 0.2) is 69.6 Å². The van der Waals surface area contributed by atoms with Gasteiger partial charge in [-0.1, -0.05) is 26.0 Å². The highest BCUT2D eigenvalue weighted by atomic mass is 79.9. The Labute approximate surface area is 196 Å². The first-order valence-corrected chi connectivity index (χ1v) is 11.3. The van der Waals surface area contributed by atoms with Gasteiger partial charge in [0, 0.05) is 45.5 Å². The van der Waals surface area contributed by atoms with E-state index >= 15 is 0 Å². The molecule has 0 bridgehead atoms. The number of dihydropyridines is 1. The number of methoxy groups -OCH3 is 1. The molecule has 2 heterocycles. The zero-order valence-electron chi connectivity index (χ0n) is 18.6. The number of hydrogen-bond donors (Lipinski definition) is 2. The summed E-state index contributed by atoms with van der Waals surface area (Å²) in [7, 11) is 1.61. The lowest BCUT2D eigenvalue weighted by Gasteiger charge is -2.39. The van der Waals surface area contributed by atoms with E-state index in [-0.39, 0.29) is 17.1 Å². The standard InChI is InChI=1S/C25H26BrN3O3/c1-14-21(24(31)29-20-10-7-16(26)13-27-20)22(15-5-8-17(32-4)9-6-15)23-18(28-14)11-25(2,3)12-19(23)30/h5-10,13,22,28H,11-12H2,1-4H3,(H,27,29,31)/t22-/m1/s1. The lowest BCUT2D eigenvalue weighted by Crippen LogP contribution is -2.39. The van der Waals surface area contributed by atoms with E-state index in [4.69, 9.17) is 4.74 Å². The number of benzene rings is 1. The fourth-order valence-electron chi connectivity index (χ4n) is 4.50. The van der Waals surface area contributed by atoms with Gasteiger partial charge in [0.05, 0.1) is 7.11 Å². The van der Waals surface area contributed by atoms with E-state index in [9.17, 15) is 9.59 Å². The third kappa shape index (κ3) is 4.35. The number of nitrogens with zero attached hydrogens (tertiary/aromatic N) is 1. The van der Waals surface area contributed by atoms with Gasteiger partial charge in [0.2, 0.25) is 0 Å². The summed E-state index contributed by atoms with van der Waals surface area (Å²) < 4.78 is 6.13. The van der Waals surface area contributed by atoms with E-state index in [0.717, 1.165) is 33.6 Å². The molecule has 4 rings (SSSR count). The summed E-state index contributed by atoms with van der Waals surface area (Å²) in [6.07, 6.45) is 2.83. The lowest BCUT2D eigenvalue weighted by atomic mass is 9.68. The van der Waals surface area contributed by atoms with Gasteiger partial charge in [-0.15, -0.1) is 0 Å². The van der Waals surface area contributed by atoms with Crippen molar-refractivity contribution < 1.29 is 14.3 Å². The van der Waals surface area contributed by atoms with Crippen LogP contribution in [0.2, 0.25) is 0 Å². The number of amides is 1. The molecule has 0 fully saturated rings. The second-order valence-electron chi connectivity index (χ2n) is 9.02. The van der Waals surface area contributed by atoms with Crippen LogP contribution >= 0.6 is 15.9 Å². The molecular formula is C25H26BrN3O3. The molecule has 0 spiro atoms. The van der Waals surface area contributed by atoms with Crippen molar-refractivity contribution in [2.45, 2.75) is 39.5 Å². The Morgan fingerprint density at radius 2 is 1.91 bits per heavy atom. The topological polar surface area (TPSA) is 80.3 Å². The van der Waals surface area contributed by atoms with Gasteiger partial charge < -0.3 is 15.4 Å². The maximum atomic E-state index is 13.5. The largest absolute Gasteiger partial charge is 0.497 e. The summed E-state index contributed by atoms with van der Waals surface area (Å²) in [5.74, 6) is 0.497. The van der Waals surface area contributed by atoms with Crippen LogP contribution < -0.4 is 15.4 Å². The number of hydrogen-bond acceptors (Lipinski definition) is 5. The predicted molar refractivity (Wildman–Crippen MR) is 127 cm³/mol. The minimum absolute atomic E-state index is 0.0733. The maximum Gasteiger partial charge on any atom is 0.255 e. The normalized spacial score (nSPS) is 19.9. The summed E-state index contributed by atoms with van der Waals surface area (Å²) in [4.78, 5) is 31.0. The van der Waals surface area contributed by atoms with Crippen LogP contribution in [0, 0.1) is 5.41 Å². The smallest absolute Gasteiger partial charge is 0.255 e. The number of halogens is 1. The van der Waals surface area contributed by atoms with Crippen molar-refractivity contribution in [3.05, 3.63) is 75.2 Å². The fourth-order valence-corrected chi connectivity index (χ4v) is 4.73. The highest BCUT2D eigenvalue weighted by molar-refractivity contribution is 9.10. The summed E-state index contributed by atoms with van der Waals surface area (Å²) >= 11 is 3.36. The highest BCUT2D eigenvalue weighted by Crippen LogP contribution is 2.46. The molecule has 7 heteroatoms. The van der Waals surface area contributed by atoms with Crippen molar-refractivity contribution in [3.8, 4) is 5.75 Å². The molecule has 1 aliphatic carbocycles. The van der Waals surface area contributed by atoms with Gasteiger partial charge in [0.25, 0.3) is 5.91 Å². The Balaban J connectivity index is 1.79. The van der Waals surface area contributed by atoms with Crippen LogP contribution in [0.1, 0.15) is 45.1 Å². The van der Waals surface area contributed by atoms with Crippen molar-refractivity contribution in [1.29, 1.82) is 0 Å². The quantitative estimate of drug-likeness (QED) is 0.616. The summed E-state index contributed by atoms with van der Waals surface area (Å²) in [5.41, 5.74) is 3.59. The second-order valence-corrected chi connectivity index (χ2v) is 9.93. The summed E-state index contributed by atoms with van der Waals surface area (Å²) in [6.45, 7) is 6.08. The predicted octanol–water partition coefficient (Wildman–Crippen LogP) is 5.10. The Hall–Kier alpha value is -2.93. The van der Waals surface area contributed by atoms with E-state index in [1.54, 1.807) is 19.4 Å². The van der Waals surface area contributed by atoms with E-state index in [2.05, 4.69) is 45.4 Å². The van der Waals surface area contributed by atoms with Gasteiger partial charge in [-0.25, -0.2) is 4.98 Å². The van der Waals surface area contributed by atoms with E-state index in [0.29, 0.717) is 23.4 Å². The Kier molecular flexibility index (Phi) is 5.95. The van der Waals surface area contributed by atoms with Gasteiger partial charge in [0.15, 0.2) is 5.78 Å². The first-order chi connectivity index (χ1) is 15.2. The Bertz CT molecular complexity index is 1130. The minimum Gasteiger partial charge on any atom is -0.497 e. The molecule has 1 aromatic carbocycles. The molecule has 32 heavy (non-hydrogen) atoms. The fraction of sp³-hybridized carbons (Fsp3) is 0.320. The van der Waals surface area contributed by atoms with Crippen LogP contribution in [-0.4, -0.2) is 23.8 Å². The molecule has 0 unspecified atom stereocenters. The molecule has 2 aromatic rings. The maximum absolute atomic E-state index is 13.5. The molecule has 1 atom stereocenters. The number of carbonyl (C=O) groups is 2. The number of nitrogens with one attached hydrogen (secondary N) is 2. The number of ether oxygens (including phenoxy) is 1. The number of Topliss-reactive ketones (excluding diaryl/α,β-unsaturated/α-hetero) is 1. The number of rotatable bonds is 4. The molecule has 0 saturated heterocycles. The van der Waals surface area contributed by atoms with Crippen molar-refractivity contribution in [3.63, 3.8) is 0 Å². The van der Waals surface area contributed by atoms with Crippen LogP contribution in [0.4, 0.5) is 5.82 Å². The monoisotopic (exact) mass is 495 g/mol. The van der Waals surface area contributed by atoms with E-state index in [1.165, 1.54) is 0 Å². The third-order valence-electron chi connectivity index (χ3n) is 5.90. The molecule has 0 saturated carbocycles. The molecule has 0 radical (unpaired) electrons. The molecule has 6 nitrogen and oxygen atoms in total. The Morgan fingerprint density at radius 3 is 2.53 bits per heavy atom. The van der Waals surface area contributed by atoms with Gasteiger partial charge in [-0.2, -0.15) is 0 Å². The molecule has 2 N–H and O–H groups in total. The molecule has 1 amide bonds. The van der Waals surface area contributed by atoms with Crippen molar-refractivity contribution in [2.75, 3.05) is 12.4 Å². The second kappa shape index (κ2) is 8.54. The number of aromatic nitrogens is 1. The van der Waals surface area contributed by atoms with Gasteiger partial charge in [0.1, 0.15) is 11.6 Å². The average molecular weight is 496 g/mol. The van der Waals surface area contributed by atoms with Gasteiger partial charge >= 0.3 is 0 Å². The zero-order chi connectivity index (χ0) is 23.0. The van der Waals surface area contributed by atoms with Gasteiger partial charge in [-0.05, 0) is 64.5 Å².